The average molecular weight is 356 g/mol. The number of aliphatic hydroxyl groups excluding tert-OH is 1. The van der Waals surface area contributed by atoms with Crippen molar-refractivity contribution in [2.75, 3.05) is 4.72 Å². The second-order valence-electron chi connectivity index (χ2n) is 4.37. The molecule has 4 nitrogen and oxygen atoms in total. The van der Waals surface area contributed by atoms with Gasteiger partial charge in [0.15, 0.2) is 0 Å². The summed E-state index contributed by atoms with van der Waals surface area (Å²) in [4.78, 5) is 0.189. The Morgan fingerprint density at radius 3 is 2.40 bits per heavy atom. The van der Waals surface area contributed by atoms with E-state index in [0.717, 1.165) is 10.0 Å². The van der Waals surface area contributed by atoms with Crippen molar-refractivity contribution >= 4 is 31.6 Å². The first kappa shape index (κ1) is 15.0. The fourth-order valence-electron chi connectivity index (χ4n) is 1.69. The molecule has 0 aliphatic rings. The van der Waals surface area contributed by atoms with Crippen LogP contribution in [0.4, 0.5) is 5.69 Å². The molecule has 0 amide bonds. The Balaban J connectivity index is 2.35. The summed E-state index contributed by atoms with van der Waals surface area (Å²) in [5.41, 5.74) is 1.92. The van der Waals surface area contributed by atoms with Crippen LogP contribution in [0.1, 0.15) is 11.1 Å². The minimum atomic E-state index is -3.63. The van der Waals surface area contributed by atoms with Gasteiger partial charge in [0.2, 0.25) is 0 Å². The number of hydrogen-bond acceptors (Lipinski definition) is 3. The first-order valence-corrected chi connectivity index (χ1v) is 8.19. The molecule has 0 bridgehead atoms. The molecule has 2 aromatic carbocycles. The van der Waals surface area contributed by atoms with Crippen LogP contribution < -0.4 is 4.72 Å². The number of sulfonamides is 1. The number of rotatable bonds is 4. The van der Waals surface area contributed by atoms with Crippen LogP contribution in [0.15, 0.2) is 51.8 Å². The average Bonchev–Trinajstić information content (AvgIpc) is 2.41. The fourth-order valence-corrected chi connectivity index (χ4v) is 3.08. The van der Waals surface area contributed by atoms with Crippen molar-refractivity contribution in [1.29, 1.82) is 0 Å². The molecule has 0 saturated carbocycles. The number of benzene rings is 2. The molecule has 2 rings (SSSR count). The van der Waals surface area contributed by atoms with Crippen molar-refractivity contribution in [2.45, 2.75) is 18.4 Å². The van der Waals surface area contributed by atoms with Crippen molar-refractivity contribution in [1.82, 2.24) is 0 Å². The van der Waals surface area contributed by atoms with Crippen LogP contribution in [0.2, 0.25) is 0 Å². The molecule has 0 fully saturated rings. The SMILES string of the molecule is Cc1ccc(CO)cc1NS(=O)(=O)c1ccc(Br)cc1. The quantitative estimate of drug-likeness (QED) is 0.885. The van der Waals surface area contributed by atoms with Gasteiger partial charge >= 0.3 is 0 Å². The van der Waals surface area contributed by atoms with Gasteiger partial charge in [0, 0.05) is 4.47 Å². The van der Waals surface area contributed by atoms with Crippen molar-refractivity contribution in [3.63, 3.8) is 0 Å². The molecular formula is C14H14BrNO3S. The Hall–Kier alpha value is -1.37. The van der Waals surface area contributed by atoms with E-state index in [0.29, 0.717) is 11.3 Å². The van der Waals surface area contributed by atoms with E-state index in [1.807, 2.05) is 0 Å². The van der Waals surface area contributed by atoms with E-state index in [2.05, 4.69) is 20.7 Å². The Kier molecular flexibility index (Phi) is 4.47. The highest BCUT2D eigenvalue weighted by Crippen LogP contribution is 2.22. The number of aliphatic hydroxyl groups is 1. The molecule has 2 N–H and O–H groups in total. The number of hydrogen-bond donors (Lipinski definition) is 2. The summed E-state index contributed by atoms with van der Waals surface area (Å²) in [5, 5.41) is 9.12. The molecule has 0 radical (unpaired) electrons. The molecule has 0 heterocycles. The first-order valence-electron chi connectivity index (χ1n) is 5.91. The number of aryl methyl sites for hydroxylation is 1. The van der Waals surface area contributed by atoms with Gasteiger partial charge in [0.25, 0.3) is 10.0 Å². The van der Waals surface area contributed by atoms with Crippen LogP contribution in [0.25, 0.3) is 0 Å². The van der Waals surface area contributed by atoms with Crippen LogP contribution in [0.5, 0.6) is 0 Å². The third-order valence-electron chi connectivity index (χ3n) is 2.85. The van der Waals surface area contributed by atoms with Crippen molar-refractivity contribution in [2.24, 2.45) is 0 Å². The van der Waals surface area contributed by atoms with E-state index < -0.39 is 10.0 Å². The summed E-state index contributed by atoms with van der Waals surface area (Å²) in [6, 6.07) is 11.6. The zero-order valence-corrected chi connectivity index (χ0v) is 13.2. The summed E-state index contributed by atoms with van der Waals surface area (Å²) in [7, 11) is -3.63. The second kappa shape index (κ2) is 5.95. The van der Waals surface area contributed by atoms with E-state index in [9.17, 15) is 8.42 Å². The Labute approximate surface area is 126 Å². The summed E-state index contributed by atoms with van der Waals surface area (Å²) >= 11 is 3.27. The number of halogens is 1. The van der Waals surface area contributed by atoms with Gasteiger partial charge in [0.05, 0.1) is 17.2 Å². The lowest BCUT2D eigenvalue weighted by Gasteiger charge is -2.12. The minimum absolute atomic E-state index is 0.132. The molecule has 20 heavy (non-hydrogen) atoms. The van der Waals surface area contributed by atoms with Crippen molar-refractivity contribution in [3.05, 3.63) is 58.1 Å². The highest BCUT2D eigenvalue weighted by Gasteiger charge is 2.15. The third-order valence-corrected chi connectivity index (χ3v) is 4.76. The van der Waals surface area contributed by atoms with Crippen LogP contribution in [0, 0.1) is 6.92 Å². The summed E-state index contributed by atoms with van der Waals surface area (Å²) < 4.78 is 27.9. The topological polar surface area (TPSA) is 66.4 Å². The summed E-state index contributed by atoms with van der Waals surface area (Å²) in [6.07, 6.45) is 0. The van der Waals surface area contributed by atoms with Gasteiger partial charge in [-0.1, -0.05) is 28.1 Å². The van der Waals surface area contributed by atoms with Crippen LogP contribution in [0.3, 0.4) is 0 Å². The van der Waals surface area contributed by atoms with Gasteiger partial charge in [-0.25, -0.2) is 8.42 Å². The lowest BCUT2D eigenvalue weighted by Crippen LogP contribution is -2.13. The maximum atomic E-state index is 12.3. The van der Waals surface area contributed by atoms with Gasteiger partial charge in [-0.2, -0.15) is 0 Å². The van der Waals surface area contributed by atoms with Gasteiger partial charge < -0.3 is 5.11 Å². The normalized spacial score (nSPS) is 11.3. The molecule has 0 aromatic heterocycles. The zero-order chi connectivity index (χ0) is 14.8. The maximum Gasteiger partial charge on any atom is 0.261 e. The highest BCUT2D eigenvalue weighted by atomic mass is 79.9. The standard InChI is InChI=1S/C14H14BrNO3S/c1-10-2-3-11(9-17)8-14(10)16-20(18,19)13-6-4-12(15)5-7-13/h2-8,16-17H,9H2,1H3. The smallest absolute Gasteiger partial charge is 0.261 e. The van der Waals surface area contributed by atoms with Gasteiger partial charge in [-0.3, -0.25) is 4.72 Å². The van der Waals surface area contributed by atoms with E-state index >= 15 is 0 Å². The van der Waals surface area contributed by atoms with E-state index in [4.69, 9.17) is 5.11 Å². The predicted molar refractivity (Wildman–Crippen MR) is 82.1 cm³/mol. The Morgan fingerprint density at radius 2 is 1.80 bits per heavy atom. The molecule has 106 valence electrons. The molecule has 0 unspecified atom stereocenters. The van der Waals surface area contributed by atoms with Crippen molar-refractivity contribution < 1.29 is 13.5 Å². The molecule has 0 saturated heterocycles. The predicted octanol–water partition coefficient (Wildman–Crippen LogP) is 3.05. The largest absolute Gasteiger partial charge is 0.392 e. The molecule has 0 aliphatic heterocycles. The van der Waals surface area contributed by atoms with Crippen LogP contribution >= 0.6 is 15.9 Å². The minimum Gasteiger partial charge on any atom is -0.392 e. The molecule has 2 aromatic rings. The molecular weight excluding hydrogens is 342 g/mol. The van der Waals surface area contributed by atoms with E-state index in [1.165, 1.54) is 12.1 Å². The Bertz CT molecular complexity index is 712. The monoisotopic (exact) mass is 355 g/mol. The fraction of sp³-hybridized carbons (Fsp3) is 0.143. The van der Waals surface area contributed by atoms with E-state index in [1.54, 1.807) is 37.3 Å². The maximum absolute atomic E-state index is 12.3. The molecule has 0 aliphatic carbocycles. The Morgan fingerprint density at radius 1 is 1.15 bits per heavy atom. The van der Waals surface area contributed by atoms with Gasteiger partial charge in [-0.15, -0.1) is 0 Å². The highest BCUT2D eigenvalue weighted by molar-refractivity contribution is 9.10. The summed E-state index contributed by atoms with van der Waals surface area (Å²) in [5.74, 6) is 0. The van der Waals surface area contributed by atoms with Gasteiger partial charge in [-0.05, 0) is 48.4 Å². The lowest BCUT2D eigenvalue weighted by molar-refractivity contribution is 0.282. The van der Waals surface area contributed by atoms with Crippen LogP contribution in [-0.2, 0) is 16.6 Å². The van der Waals surface area contributed by atoms with Crippen LogP contribution in [-0.4, -0.2) is 13.5 Å². The third kappa shape index (κ3) is 3.39. The molecule has 0 atom stereocenters. The van der Waals surface area contributed by atoms with Gasteiger partial charge in [0.1, 0.15) is 0 Å². The first-order chi connectivity index (χ1) is 9.42. The van der Waals surface area contributed by atoms with E-state index in [-0.39, 0.29) is 11.5 Å². The second-order valence-corrected chi connectivity index (χ2v) is 6.96. The lowest BCUT2D eigenvalue weighted by atomic mass is 10.1. The number of nitrogens with one attached hydrogen (secondary N) is 1. The molecule has 0 spiro atoms. The molecule has 6 heteroatoms. The van der Waals surface area contributed by atoms with Crippen molar-refractivity contribution in [3.8, 4) is 0 Å². The zero-order valence-electron chi connectivity index (χ0n) is 10.8. The summed E-state index contributed by atoms with van der Waals surface area (Å²) in [6.45, 7) is 1.67. The number of anilines is 1.